The summed E-state index contributed by atoms with van der Waals surface area (Å²) in [5.41, 5.74) is 9.07. The maximum Gasteiger partial charge on any atom is 0.316 e. The smallest absolute Gasteiger partial charge is 0.316 e. The van der Waals surface area contributed by atoms with Gasteiger partial charge in [-0.15, -0.1) is 0 Å². The number of nitrogens with one attached hydrogen (secondary N) is 1. The van der Waals surface area contributed by atoms with E-state index in [4.69, 9.17) is 15.9 Å². The Morgan fingerprint density at radius 3 is 2.60 bits per heavy atom. The van der Waals surface area contributed by atoms with Gasteiger partial charge in [0.25, 0.3) is 0 Å². The molecule has 5 rings (SSSR count). The Kier molecular flexibility index (Phi) is 5.36. The molecule has 2 aromatic carbocycles. The number of imidazole rings is 1. The third-order valence-electron chi connectivity index (χ3n) is 5.53. The van der Waals surface area contributed by atoms with Crippen molar-refractivity contribution in [2.24, 2.45) is 10.7 Å². The van der Waals surface area contributed by atoms with Crippen LogP contribution >= 0.6 is 0 Å². The van der Waals surface area contributed by atoms with Gasteiger partial charge in [0.2, 0.25) is 0 Å². The highest BCUT2D eigenvalue weighted by Gasteiger charge is 2.21. The van der Waals surface area contributed by atoms with Crippen molar-refractivity contribution in [1.82, 2.24) is 24.5 Å². The number of aliphatic imine (C=N–C) groups is 1. The number of amidine groups is 1. The summed E-state index contributed by atoms with van der Waals surface area (Å²) >= 11 is 0. The summed E-state index contributed by atoms with van der Waals surface area (Å²) in [5.74, 6) is -0.693. The molecular weight excluding hydrogens is 454 g/mol. The van der Waals surface area contributed by atoms with E-state index in [2.05, 4.69) is 24.9 Å². The highest BCUT2D eigenvalue weighted by molar-refractivity contribution is 6.11. The second-order valence-corrected chi connectivity index (χ2v) is 7.54. The largest absolute Gasteiger partial charge is 0.467 e. The van der Waals surface area contributed by atoms with Crippen LogP contribution < -0.4 is 10.5 Å². The lowest BCUT2D eigenvalue weighted by atomic mass is 10.0. The van der Waals surface area contributed by atoms with Crippen LogP contribution in [0.1, 0.15) is 11.4 Å². The number of aromatic nitrogens is 5. The minimum atomic E-state index is -0.637. The topological polar surface area (TPSA) is 128 Å². The highest BCUT2D eigenvalue weighted by Crippen LogP contribution is 2.33. The molecule has 0 amide bonds. The first-order chi connectivity index (χ1) is 16.9. The van der Waals surface area contributed by atoms with Crippen LogP contribution in [0, 0.1) is 24.0 Å². The molecule has 3 aromatic heterocycles. The molecule has 11 heteroatoms. The second kappa shape index (κ2) is 8.52. The van der Waals surface area contributed by atoms with E-state index in [0.29, 0.717) is 39.4 Å². The SMILES string of the molecule is COc1nccc(-c2cc(C(N)=NC=N)c3nc(C)n(-c4ccnc5c(F)ccc(F)c45)c3c2)n1. The van der Waals surface area contributed by atoms with E-state index in [1.165, 1.54) is 13.3 Å². The number of halogens is 2. The molecule has 5 aromatic rings. The van der Waals surface area contributed by atoms with Gasteiger partial charge in [0.1, 0.15) is 40.7 Å². The average molecular weight is 472 g/mol. The standard InChI is InChI=1S/C24H18F2N8O/c1-12-32-21-14(23(28)31-11-27)9-13(17-5-7-30-24(33-17)35-2)10-19(21)34(12)18-6-8-29-22-16(26)4-3-15(25)20(18)22/h3-11H,1-2H3,(H3,27,28,31). The first-order valence-corrected chi connectivity index (χ1v) is 10.4. The molecule has 3 heterocycles. The molecule has 35 heavy (non-hydrogen) atoms. The number of ether oxygens (including phenoxy) is 1. The first kappa shape index (κ1) is 22.0. The Balaban J connectivity index is 1.89. The van der Waals surface area contributed by atoms with Crippen LogP contribution in [0.25, 0.3) is 38.9 Å². The normalized spacial score (nSPS) is 11.8. The lowest BCUT2D eigenvalue weighted by Crippen LogP contribution is -2.14. The van der Waals surface area contributed by atoms with Gasteiger partial charge in [-0.1, -0.05) is 0 Å². The lowest BCUT2D eigenvalue weighted by Gasteiger charge is -2.13. The lowest BCUT2D eigenvalue weighted by molar-refractivity contribution is 0.380. The van der Waals surface area contributed by atoms with Gasteiger partial charge in [0.05, 0.1) is 29.4 Å². The number of nitrogens with two attached hydrogens (primary N) is 1. The van der Waals surface area contributed by atoms with Gasteiger partial charge in [0, 0.05) is 23.5 Å². The monoisotopic (exact) mass is 472 g/mol. The Morgan fingerprint density at radius 2 is 1.83 bits per heavy atom. The van der Waals surface area contributed by atoms with Gasteiger partial charge < -0.3 is 10.5 Å². The molecule has 0 radical (unpaired) electrons. The Bertz CT molecular complexity index is 1660. The van der Waals surface area contributed by atoms with Crippen LogP contribution in [0.3, 0.4) is 0 Å². The summed E-state index contributed by atoms with van der Waals surface area (Å²) < 4.78 is 36.3. The van der Waals surface area contributed by atoms with E-state index in [1.807, 2.05) is 6.07 Å². The van der Waals surface area contributed by atoms with Crippen molar-refractivity contribution < 1.29 is 13.5 Å². The molecule has 0 aliphatic rings. The zero-order valence-electron chi connectivity index (χ0n) is 18.6. The Labute approximate surface area is 197 Å². The van der Waals surface area contributed by atoms with Crippen molar-refractivity contribution in [3.8, 4) is 23.0 Å². The van der Waals surface area contributed by atoms with Crippen molar-refractivity contribution in [1.29, 1.82) is 5.41 Å². The molecule has 0 saturated carbocycles. The molecule has 0 unspecified atom stereocenters. The molecular formula is C24H18F2N8O. The van der Waals surface area contributed by atoms with Crippen LogP contribution in [0.15, 0.2) is 53.8 Å². The number of benzene rings is 2. The van der Waals surface area contributed by atoms with Crippen molar-refractivity contribution in [3.63, 3.8) is 0 Å². The third kappa shape index (κ3) is 3.62. The summed E-state index contributed by atoms with van der Waals surface area (Å²) in [4.78, 5) is 21.0. The fourth-order valence-corrected chi connectivity index (χ4v) is 4.04. The molecule has 0 atom stereocenters. The Hall–Kier alpha value is -4.80. The fourth-order valence-electron chi connectivity index (χ4n) is 4.04. The number of rotatable bonds is 5. The molecule has 9 nitrogen and oxygen atoms in total. The molecule has 3 N–H and O–H groups in total. The summed E-state index contributed by atoms with van der Waals surface area (Å²) in [6, 6.07) is 9.12. The summed E-state index contributed by atoms with van der Waals surface area (Å²) in [6.45, 7) is 1.74. The minimum absolute atomic E-state index is 0.0201. The van der Waals surface area contributed by atoms with Gasteiger partial charge >= 0.3 is 6.01 Å². The first-order valence-electron chi connectivity index (χ1n) is 10.4. The maximum absolute atomic E-state index is 15.0. The summed E-state index contributed by atoms with van der Waals surface area (Å²) in [5, 5.41) is 7.36. The zero-order valence-corrected chi connectivity index (χ0v) is 18.6. The molecule has 0 aliphatic heterocycles. The predicted molar refractivity (Wildman–Crippen MR) is 128 cm³/mol. The molecule has 174 valence electrons. The van der Waals surface area contributed by atoms with Crippen LogP contribution in [0.2, 0.25) is 0 Å². The van der Waals surface area contributed by atoms with E-state index < -0.39 is 11.6 Å². The fraction of sp³-hybridized carbons (Fsp3) is 0.0833. The third-order valence-corrected chi connectivity index (χ3v) is 5.53. The van der Waals surface area contributed by atoms with Crippen LogP contribution in [-0.4, -0.2) is 43.8 Å². The quantitative estimate of drug-likeness (QED) is 0.295. The number of nitrogens with zero attached hydrogens (tertiary/aromatic N) is 6. The van der Waals surface area contributed by atoms with Crippen LogP contribution in [0.5, 0.6) is 6.01 Å². The van der Waals surface area contributed by atoms with Crippen molar-refractivity contribution in [2.75, 3.05) is 7.11 Å². The van der Waals surface area contributed by atoms with Gasteiger partial charge in [-0.2, -0.15) is 4.98 Å². The second-order valence-electron chi connectivity index (χ2n) is 7.54. The predicted octanol–water partition coefficient (Wildman–Crippen LogP) is 3.94. The van der Waals surface area contributed by atoms with Crippen molar-refractivity contribution in [3.05, 3.63) is 71.8 Å². The summed E-state index contributed by atoms with van der Waals surface area (Å²) in [7, 11) is 1.46. The molecule has 0 spiro atoms. The van der Waals surface area contributed by atoms with Gasteiger partial charge in [-0.25, -0.2) is 23.7 Å². The van der Waals surface area contributed by atoms with E-state index in [1.54, 1.807) is 35.9 Å². The maximum atomic E-state index is 15.0. The minimum Gasteiger partial charge on any atom is -0.467 e. The number of hydrogen-bond donors (Lipinski definition) is 2. The van der Waals surface area contributed by atoms with E-state index in [9.17, 15) is 8.78 Å². The molecule has 0 aliphatic carbocycles. The van der Waals surface area contributed by atoms with E-state index in [-0.39, 0.29) is 22.7 Å². The van der Waals surface area contributed by atoms with E-state index >= 15 is 0 Å². The molecule has 0 bridgehead atoms. The van der Waals surface area contributed by atoms with Gasteiger partial charge in [-0.3, -0.25) is 15.0 Å². The van der Waals surface area contributed by atoms with Crippen LogP contribution in [0.4, 0.5) is 8.78 Å². The summed E-state index contributed by atoms with van der Waals surface area (Å²) in [6.07, 6.45) is 3.80. The number of hydrogen-bond acceptors (Lipinski definition) is 6. The zero-order chi connectivity index (χ0) is 24.7. The van der Waals surface area contributed by atoms with Crippen molar-refractivity contribution >= 4 is 34.1 Å². The van der Waals surface area contributed by atoms with Crippen LogP contribution in [-0.2, 0) is 0 Å². The number of fused-ring (bicyclic) bond motifs is 2. The average Bonchev–Trinajstić information content (AvgIpc) is 3.21. The number of aryl methyl sites for hydroxylation is 1. The highest BCUT2D eigenvalue weighted by atomic mass is 19.1. The Morgan fingerprint density at radius 1 is 1.06 bits per heavy atom. The van der Waals surface area contributed by atoms with Gasteiger partial charge in [0.15, 0.2) is 0 Å². The van der Waals surface area contributed by atoms with Gasteiger partial charge in [-0.05, 0) is 43.3 Å². The van der Waals surface area contributed by atoms with Crippen molar-refractivity contribution in [2.45, 2.75) is 6.92 Å². The number of pyridine rings is 1. The molecule has 0 fully saturated rings. The molecule has 0 saturated heterocycles. The number of methoxy groups -OCH3 is 1. The van der Waals surface area contributed by atoms with E-state index in [0.717, 1.165) is 18.5 Å².